The first-order chi connectivity index (χ1) is 38.3. The summed E-state index contributed by atoms with van der Waals surface area (Å²) in [6, 6.07) is 100. The molecule has 17 aromatic rings. The van der Waals surface area contributed by atoms with Crippen LogP contribution in [0.4, 0.5) is 0 Å². The summed E-state index contributed by atoms with van der Waals surface area (Å²) >= 11 is 0. The summed E-state index contributed by atoms with van der Waals surface area (Å²) in [6.45, 7) is 0. The van der Waals surface area contributed by atoms with Crippen molar-refractivity contribution in [3.8, 4) is 39.6 Å². The van der Waals surface area contributed by atoms with E-state index in [2.05, 4.69) is 296 Å². The highest BCUT2D eigenvalue weighted by molar-refractivity contribution is 6.40. The van der Waals surface area contributed by atoms with Gasteiger partial charge in [-0.25, -0.2) is 0 Å². The van der Waals surface area contributed by atoms with E-state index in [1.165, 1.54) is 109 Å². The van der Waals surface area contributed by atoms with E-state index in [0.717, 1.165) is 39.6 Å². The number of aromatic nitrogens is 5. The quantitative estimate of drug-likeness (QED) is 0.159. The third kappa shape index (κ3) is 5.82. The minimum Gasteiger partial charge on any atom is -0.308 e. The Morgan fingerprint density at radius 1 is 0.156 bits per heavy atom. The van der Waals surface area contributed by atoms with Crippen LogP contribution in [0.2, 0.25) is 0 Å². The van der Waals surface area contributed by atoms with Crippen molar-refractivity contribution < 1.29 is 0 Å². The van der Waals surface area contributed by atoms with Crippen molar-refractivity contribution in [2.45, 2.75) is 0 Å². The summed E-state index contributed by atoms with van der Waals surface area (Å²) in [7, 11) is 0. The molecule has 0 atom stereocenters. The van der Waals surface area contributed by atoms with E-state index in [-0.39, 0.29) is 0 Å². The van der Waals surface area contributed by atoms with E-state index >= 15 is 0 Å². The molecule has 0 saturated heterocycles. The van der Waals surface area contributed by atoms with Crippen LogP contribution in [-0.2, 0) is 0 Å². The average Bonchev–Trinajstić information content (AvgIpc) is 4.49. The highest BCUT2D eigenvalue weighted by atomic mass is 15.1. The second kappa shape index (κ2) is 16.1. The van der Waals surface area contributed by atoms with Gasteiger partial charge in [0, 0.05) is 82.3 Å². The minimum atomic E-state index is 1.11. The van der Waals surface area contributed by atoms with Crippen molar-refractivity contribution in [2.24, 2.45) is 0 Å². The van der Waals surface area contributed by atoms with Gasteiger partial charge in [0.05, 0.1) is 55.2 Å². The molecular formula is C72H45N5. The largest absolute Gasteiger partial charge is 0.308 e. The molecule has 77 heavy (non-hydrogen) atoms. The van der Waals surface area contributed by atoms with E-state index in [1.54, 1.807) is 0 Å². The van der Waals surface area contributed by atoms with Gasteiger partial charge >= 0.3 is 0 Å². The van der Waals surface area contributed by atoms with Gasteiger partial charge in [-0.05, 0) is 102 Å². The Morgan fingerprint density at radius 2 is 0.390 bits per heavy atom. The molecule has 0 amide bonds. The number of fused-ring (bicyclic) bond motifs is 19. The summed E-state index contributed by atoms with van der Waals surface area (Å²) in [5.74, 6) is 0. The highest BCUT2D eigenvalue weighted by Gasteiger charge is 2.29. The number of benzene rings is 12. The first kappa shape index (κ1) is 42.0. The Hall–Kier alpha value is -10.4. The Bertz CT molecular complexity index is 5150. The number of hydrogen-bond donors (Lipinski definition) is 0. The van der Waals surface area contributed by atoms with E-state index in [4.69, 9.17) is 0 Å². The fraction of sp³-hybridized carbons (Fsp3) is 0. The Labute approximate surface area is 442 Å². The van der Waals surface area contributed by atoms with Gasteiger partial charge < -0.3 is 22.8 Å². The highest BCUT2D eigenvalue weighted by Crippen LogP contribution is 2.50. The lowest BCUT2D eigenvalue weighted by molar-refractivity contribution is 1.15. The molecule has 0 radical (unpaired) electrons. The lowest BCUT2D eigenvalue weighted by Crippen LogP contribution is -1.98. The van der Waals surface area contributed by atoms with Crippen molar-refractivity contribution in [3.05, 3.63) is 273 Å². The Balaban J connectivity index is 0.890. The molecule has 358 valence electrons. The fourth-order valence-electron chi connectivity index (χ4n) is 13.3. The van der Waals surface area contributed by atoms with Gasteiger partial charge in [-0.3, -0.25) is 0 Å². The maximum atomic E-state index is 2.53. The molecule has 0 saturated carbocycles. The Kier molecular flexibility index (Phi) is 8.77. The zero-order valence-electron chi connectivity index (χ0n) is 41.7. The van der Waals surface area contributed by atoms with Gasteiger partial charge in [0.1, 0.15) is 0 Å². The normalized spacial score (nSPS) is 12.2. The van der Waals surface area contributed by atoms with E-state index in [1.807, 2.05) is 0 Å². The summed E-state index contributed by atoms with van der Waals surface area (Å²) in [5.41, 5.74) is 19.9. The lowest BCUT2D eigenvalue weighted by atomic mass is 10.0. The summed E-state index contributed by atoms with van der Waals surface area (Å²) < 4.78 is 12.5. The summed E-state index contributed by atoms with van der Waals surface area (Å²) in [6.07, 6.45) is 0. The molecule has 0 aliphatic rings. The van der Waals surface area contributed by atoms with Crippen LogP contribution in [0.25, 0.3) is 149 Å². The van der Waals surface area contributed by atoms with Crippen LogP contribution >= 0.6 is 0 Å². The van der Waals surface area contributed by atoms with Crippen LogP contribution in [-0.4, -0.2) is 22.8 Å². The van der Waals surface area contributed by atoms with Crippen molar-refractivity contribution in [1.29, 1.82) is 0 Å². The van der Waals surface area contributed by atoms with Crippen LogP contribution in [0, 0.1) is 0 Å². The van der Waals surface area contributed by atoms with E-state index in [9.17, 15) is 0 Å². The van der Waals surface area contributed by atoms with Crippen molar-refractivity contribution in [3.63, 3.8) is 0 Å². The van der Waals surface area contributed by atoms with Gasteiger partial charge in [0.15, 0.2) is 0 Å². The van der Waals surface area contributed by atoms with Crippen LogP contribution < -0.4 is 0 Å². The monoisotopic (exact) mass is 979 g/mol. The molecule has 0 fully saturated rings. The molecular weight excluding hydrogens is 935 g/mol. The van der Waals surface area contributed by atoms with Gasteiger partial charge in [0.2, 0.25) is 0 Å². The number of para-hydroxylation sites is 8. The minimum absolute atomic E-state index is 1.11. The molecule has 5 heterocycles. The molecule has 17 rings (SSSR count). The van der Waals surface area contributed by atoms with E-state index < -0.39 is 0 Å². The molecule has 5 heteroatoms. The molecule has 0 aliphatic heterocycles. The second-order valence-corrected chi connectivity index (χ2v) is 20.4. The molecule has 0 spiro atoms. The topological polar surface area (TPSA) is 24.6 Å². The molecule has 0 N–H and O–H groups in total. The molecule has 12 aromatic carbocycles. The van der Waals surface area contributed by atoms with Crippen LogP contribution in [0.15, 0.2) is 273 Å². The third-order valence-electron chi connectivity index (χ3n) is 16.4. The predicted octanol–water partition coefficient (Wildman–Crippen LogP) is 18.8. The number of nitrogens with zero attached hydrogens (tertiary/aromatic N) is 5. The summed E-state index contributed by atoms with van der Waals surface area (Å²) in [5, 5.41) is 12.4. The second-order valence-electron chi connectivity index (χ2n) is 20.4. The first-order valence-electron chi connectivity index (χ1n) is 26.5. The smallest absolute Gasteiger partial charge is 0.0788 e. The third-order valence-corrected chi connectivity index (χ3v) is 16.4. The SMILES string of the molecule is c1ccc(-n2c3ccccc3c3c2c2c4ccccc4n(-c4ccc(-c5ccc(-n6c7ccccc7c7ccc8c9ccccc9n(-c9ccccc9)c8c76)cc5)cc4)c2c2c4ccccc4n(-c4ccccc4)c32)cc1. The predicted molar refractivity (Wildman–Crippen MR) is 324 cm³/mol. The van der Waals surface area contributed by atoms with Gasteiger partial charge in [-0.1, -0.05) is 182 Å². The van der Waals surface area contributed by atoms with Gasteiger partial charge in [-0.15, -0.1) is 0 Å². The zero-order chi connectivity index (χ0) is 50.3. The van der Waals surface area contributed by atoms with Crippen LogP contribution in [0.3, 0.4) is 0 Å². The standard InChI is InChI=1S/C72H45N5/c1-4-20-48(21-5-1)73-60-31-15-10-26-53(60)55-44-45-56-54-27-11-16-32-61(54)74(69(56)68(55)73)51-40-36-46(37-41-51)47-38-42-52(43-39-47)77-64-35-19-14-30-59(64)67-71-65(57-28-12-17-33-62(57)75(71)49-22-6-2-7-23-49)70-66(72(67)77)58-29-13-18-34-63(58)76(70)50-24-8-3-9-25-50/h1-45H. The average molecular weight is 980 g/mol. The fourth-order valence-corrected chi connectivity index (χ4v) is 13.3. The molecule has 5 aromatic heterocycles. The first-order valence-corrected chi connectivity index (χ1v) is 26.5. The molecule has 0 aliphatic carbocycles. The summed E-state index contributed by atoms with van der Waals surface area (Å²) in [4.78, 5) is 0. The van der Waals surface area contributed by atoms with Crippen molar-refractivity contribution >= 4 is 109 Å². The maximum Gasteiger partial charge on any atom is 0.0788 e. The van der Waals surface area contributed by atoms with Gasteiger partial charge in [-0.2, -0.15) is 0 Å². The molecule has 5 nitrogen and oxygen atoms in total. The zero-order valence-corrected chi connectivity index (χ0v) is 41.7. The maximum absolute atomic E-state index is 2.53. The number of hydrogen-bond acceptors (Lipinski definition) is 0. The van der Waals surface area contributed by atoms with Crippen LogP contribution in [0.5, 0.6) is 0 Å². The molecule has 0 unspecified atom stereocenters. The van der Waals surface area contributed by atoms with Crippen LogP contribution in [0.1, 0.15) is 0 Å². The van der Waals surface area contributed by atoms with Crippen molar-refractivity contribution in [2.75, 3.05) is 0 Å². The number of rotatable bonds is 6. The molecule has 0 bridgehead atoms. The van der Waals surface area contributed by atoms with Crippen molar-refractivity contribution in [1.82, 2.24) is 22.8 Å². The lowest BCUT2D eigenvalue weighted by Gasteiger charge is -2.14. The van der Waals surface area contributed by atoms with E-state index in [0.29, 0.717) is 0 Å². The van der Waals surface area contributed by atoms with Gasteiger partial charge in [0.25, 0.3) is 0 Å². The Morgan fingerprint density at radius 3 is 0.701 bits per heavy atom.